The predicted octanol–water partition coefficient (Wildman–Crippen LogP) is 1.55. The maximum Gasteiger partial charge on any atom is 0.0707 e. The zero-order valence-electron chi connectivity index (χ0n) is 7.81. The Morgan fingerprint density at radius 3 is 2.55 bits per heavy atom. The van der Waals surface area contributed by atoms with Crippen LogP contribution in [0.5, 0.6) is 0 Å². The molecule has 1 saturated heterocycles. The van der Waals surface area contributed by atoms with Gasteiger partial charge >= 0.3 is 0 Å². The first kappa shape index (κ1) is 9.01. The van der Waals surface area contributed by atoms with Gasteiger partial charge in [-0.1, -0.05) is 0 Å². The van der Waals surface area contributed by atoms with E-state index in [0.717, 1.165) is 13.1 Å². The summed E-state index contributed by atoms with van der Waals surface area (Å²) in [7, 11) is 0. The Balaban J connectivity index is 2.24. The van der Waals surface area contributed by atoms with Crippen molar-refractivity contribution in [1.82, 2.24) is 5.32 Å². The first-order chi connectivity index (χ1) is 5.08. The van der Waals surface area contributed by atoms with Gasteiger partial charge in [-0.05, 0) is 40.2 Å². The molecule has 1 atom stereocenters. The Hall–Kier alpha value is -0.0800. The molecule has 0 saturated carbocycles. The third-order valence-corrected chi connectivity index (χ3v) is 1.77. The van der Waals surface area contributed by atoms with Crippen molar-refractivity contribution >= 4 is 0 Å². The molecule has 1 aliphatic heterocycles. The molecule has 0 radical (unpaired) electrons. The number of piperidine rings is 1. The largest absolute Gasteiger partial charge is 0.371 e. The third kappa shape index (κ3) is 3.73. The van der Waals surface area contributed by atoms with E-state index in [-0.39, 0.29) is 5.60 Å². The number of nitrogens with one attached hydrogen (secondary N) is 1. The minimum absolute atomic E-state index is 0.0175. The van der Waals surface area contributed by atoms with Crippen LogP contribution < -0.4 is 5.32 Å². The van der Waals surface area contributed by atoms with E-state index in [1.165, 1.54) is 12.8 Å². The van der Waals surface area contributed by atoms with Gasteiger partial charge in [0.1, 0.15) is 0 Å². The Labute approximate surface area is 69.3 Å². The van der Waals surface area contributed by atoms with Crippen molar-refractivity contribution in [2.75, 3.05) is 13.1 Å². The van der Waals surface area contributed by atoms with Gasteiger partial charge in [0, 0.05) is 6.54 Å². The zero-order chi connectivity index (χ0) is 8.32. The van der Waals surface area contributed by atoms with Gasteiger partial charge in [-0.2, -0.15) is 0 Å². The first-order valence-corrected chi connectivity index (χ1v) is 4.46. The molecule has 0 aromatic heterocycles. The molecule has 1 unspecified atom stereocenters. The summed E-state index contributed by atoms with van der Waals surface area (Å²) in [6.07, 6.45) is 2.90. The van der Waals surface area contributed by atoms with Crippen LogP contribution in [-0.4, -0.2) is 24.8 Å². The van der Waals surface area contributed by atoms with Crippen LogP contribution in [0.4, 0.5) is 0 Å². The second kappa shape index (κ2) is 3.55. The van der Waals surface area contributed by atoms with Crippen molar-refractivity contribution in [3.63, 3.8) is 0 Å². The summed E-state index contributed by atoms with van der Waals surface area (Å²) in [5.74, 6) is 0. The molecule has 0 aliphatic carbocycles. The van der Waals surface area contributed by atoms with Crippen LogP contribution in [-0.2, 0) is 4.74 Å². The van der Waals surface area contributed by atoms with Crippen LogP contribution in [0.2, 0.25) is 0 Å². The van der Waals surface area contributed by atoms with E-state index in [0.29, 0.717) is 6.10 Å². The van der Waals surface area contributed by atoms with Gasteiger partial charge in [0.05, 0.1) is 11.7 Å². The zero-order valence-corrected chi connectivity index (χ0v) is 7.81. The van der Waals surface area contributed by atoms with E-state index in [1.54, 1.807) is 0 Å². The van der Waals surface area contributed by atoms with Gasteiger partial charge in [0.25, 0.3) is 0 Å². The van der Waals surface area contributed by atoms with Gasteiger partial charge in [-0.25, -0.2) is 0 Å². The van der Waals surface area contributed by atoms with Crippen molar-refractivity contribution in [2.24, 2.45) is 0 Å². The van der Waals surface area contributed by atoms with Crippen LogP contribution in [0.1, 0.15) is 33.6 Å². The van der Waals surface area contributed by atoms with E-state index >= 15 is 0 Å². The molecule has 1 fully saturated rings. The van der Waals surface area contributed by atoms with Crippen LogP contribution in [0.25, 0.3) is 0 Å². The molecule has 2 nitrogen and oxygen atoms in total. The lowest BCUT2D eigenvalue weighted by Crippen LogP contribution is -2.39. The standard InChI is InChI=1S/C9H19NO/c1-9(2,3)11-8-5-4-6-10-7-8/h8,10H,4-7H2,1-3H3. The van der Waals surface area contributed by atoms with Gasteiger partial charge in [-0.3, -0.25) is 0 Å². The highest BCUT2D eigenvalue weighted by Gasteiger charge is 2.20. The molecule has 1 heterocycles. The topological polar surface area (TPSA) is 21.3 Å². The van der Waals surface area contributed by atoms with Crippen molar-refractivity contribution in [3.05, 3.63) is 0 Å². The molecule has 0 aromatic rings. The highest BCUT2D eigenvalue weighted by Crippen LogP contribution is 2.15. The minimum Gasteiger partial charge on any atom is -0.371 e. The summed E-state index contributed by atoms with van der Waals surface area (Å²) in [5, 5.41) is 3.33. The smallest absolute Gasteiger partial charge is 0.0707 e. The summed E-state index contributed by atoms with van der Waals surface area (Å²) < 4.78 is 5.82. The van der Waals surface area contributed by atoms with Crippen molar-refractivity contribution in [1.29, 1.82) is 0 Å². The van der Waals surface area contributed by atoms with Crippen molar-refractivity contribution in [3.8, 4) is 0 Å². The third-order valence-electron chi connectivity index (χ3n) is 1.77. The van der Waals surface area contributed by atoms with Crippen LogP contribution in [0.15, 0.2) is 0 Å². The normalized spacial score (nSPS) is 27.0. The van der Waals surface area contributed by atoms with Gasteiger partial charge in [0.15, 0.2) is 0 Å². The summed E-state index contributed by atoms with van der Waals surface area (Å²) in [6.45, 7) is 8.52. The first-order valence-electron chi connectivity index (χ1n) is 4.46. The second-order valence-electron chi connectivity index (χ2n) is 4.20. The quantitative estimate of drug-likeness (QED) is 0.623. The Kier molecular flexibility index (Phi) is 2.90. The molecule has 11 heavy (non-hydrogen) atoms. The van der Waals surface area contributed by atoms with Crippen LogP contribution in [0, 0.1) is 0 Å². The lowest BCUT2D eigenvalue weighted by molar-refractivity contribution is -0.0673. The van der Waals surface area contributed by atoms with Gasteiger partial charge < -0.3 is 10.1 Å². The molecule has 2 heteroatoms. The van der Waals surface area contributed by atoms with E-state index in [4.69, 9.17) is 4.74 Å². The maximum absolute atomic E-state index is 5.82. The fraction of sp³-hybridized carbons (Fsp3) is 1.00. The number of rotatable bonds is 1. The summed E-state index contributed by atoms with van der Waals surface area (Å²) in [4.78, 5) is 0. The van der Waals surface area contributed by atoms with Gasteiger partial charge in [-0.15, -0.1) is 0 Å². The molecule has 0 spiro atoms. The minimum atomic E-state index is 0.0175. The van der Waals surface area contributed by atoms with E-state index < -0.39 is 0 Å². The molecule has 0 amide bonds. The van der Waals surface area contributed by atoms with E-state index in [1.807, 2.05) is 0 Å². The molecule has 66 valence electrons. The number of hydrogen-bond acceptors (Lipinski definition) is 2. The summed E-state index contributed by atoms with van der Waals surface area (Å²) >= 11 is 0. The van der Waals surface area contributed by atoms with Gasteiger partial charge in [0.2, 0.25) is 0 Å². The molecule has 0 aromatic carbocycles. The summed E-state index contributed by atoms with van der Waals surface area (Å²) in [5.41, 5.74) is 0.0175. The van der Waals surface area contributed by atoms with E-state index in [9.17, 15) is 0 Å². The average Bonchev–Trinajstić information content (AvgIpc) is 1.85. The highest BCUT2D eigenvalue weighted by molar-refractivity contribution is 4.72. The van der Waals surface area contributed by atoms with E-state index in [2.05, 4.69) is 26.1 Å². The lowest BCUT2D eigenvalue weighted by atomic mass is 10.1. The predicted molar refractivity (Wildman–Crippen MR) is 46.7 cm³/mol. The Morgan fingerprint density at radius 1 is 1.36 bits per heavy atom. The molecule has 1 rings (SSSR count). The van der Waals surface area contributed by atoms with Crippen molar-refractivity contribution < 1.29 is 4.74 Å². The second-order valence-corrected chi connectivity index (χ2v) is 4.20. The molecule has 1 aliphatic rings. The molecule has 0 bridgehead atoms. The highest BCUT2D eigenvalue weighted by atomic mass is 16.5. The fourth-order valence-corrected chi connectivity index (χ4v) is 1.42. The summed E-state index contributed by atoms with van der Waals surface area (Å²) in [6, 6.07) is 0. The molecular formula is C9H19NO. The fourth-order valence-electron chi connectivity index (χ4n) is 1.42. The lowest BCUT2D eigenvalue weighted by Gasteiger charge is -2.30. The number of hydrogen-bond donors (Lipinski definition) is 1. The van der Waals surface area contributed by atoms with Crippen LogP contribution in [0.3, 0.4) is 0 Å². The average molecular weight is 157 g/mol. The SMILES string of the molecule is CC(C)(C)OC1CCCNC1. The number of ether oxygens (including phenoxy) is 1. The monoisotopic (exact) mass is 157 g/mol. The Bertz CT molecular complexity index is 111. The maximum atomic E-state index is 5.82. The molecule has 1 N–H and O–H groups in total. The van der Waals surface area contributed by atoms with Crippen molar-refractivity contribution in [2.45, 2.75) is 45.3 Å². The van der Waals surface area contributed by atoms with Crippen LogP contribution >= 0.6 is 0 Å². The molecular weight excluding hydrogens is 138 g/mol. The Morgan fingerprint density at radius 2 is 2.09 bits per heavy atom.